The number of hydrogen-bond acceptors (Lipinski definition) is 2. The van der Waals surface area contributed by atoms with E-state index >= 15 is 0 Å². The molecule has 0 spiro atoms. The molecule has 0 fully saturated rings. The van der Waals surface area contributed by atoms with Crippen LogP contribution in [-0.2, 0) is 6.42 Å². The van der Waals surface area contributed by atoms with Crippen molar-refractivity contribution in [1.29, 1.82) is 0 Å². The Hall–Kier alpha value is -3.40. The second kappa shape index (κ2) is 7.66. The van der Waals surface area contributed by atoms with Crippen LogP contribution in [0.1, 0.15) is 37.4 Å². The molecule has 0 aliphatic carbocycles. The largest absolute Gasteiger partial charge is 0.478 e. The van der Waals surface area contributed by atoms with Crippen LogP contribution >= 0.6 is 0 Å². The molecule has 0 atom stereocenters. The van der Waals surface area contributed by atoms with Gasteiger partial charge in [0.1, 0.15) is 0 Å². The summed E-state index contributed by atoms with van der Waals surface area (Å²) in [4.78, 5) is 23.6. The highest BCUT2D eigenvalue weighted by molar-refractivity contribution is 6.10. The van der Waals surface area contributed by atoms with Crippen molar-refractivity contribution < 1.29 is 14.7 Å². The van der Waals surface area contributed by atoms with Crippen molar-refractivity contribution in [2.75, 3.05) is 5.32 Å². The number of carboxylic acid groups (broad SMARTS) is 1. The Morgan fingerprint density at radius 3 is 1.92 bits per heavy atom. The van der Waals surface area contributed by atoms with Crippen LogP contribution < -0.4 is 5.32 Å². The molecular formula is C22H19NO3. The lowest BCUT2D eigenvalue weighted by Crippen LogP contribution is -2.16. The van der Waals surface area contributed by atoms with E-state index in [1.807, 2.05) is 24.3 Å². The number of hydrogen-bond donors (Lipinski definition) is 2. The first-order valence-electron chi connectivity index (χ1n) is 8.31. The number of nitrogens with one attached hydrogen (secondary N) is 1. The van der Waals surface area contributed by atoms with E-state index in [2.05, 4.69) is 36.5 Å². The highest BCUT2D eigenvalue weighted by Crippen LogP contribution is 2.16. The molecule has 3 aromatic carbocycles. The van der Waals surface area contributed by atoms with Crippen LogP contribution in [0.2, 0.25) is 0 Å². The maximum absolute atomic E-state index is 12.4. The third kappa shape index (κ3) is 4.16. The molecule has 0 heterocycles. The van der Waals surface area contributed by atoms with Gasteiger partial charge in [-0.25, -0.2) is 4.79 Å². The van der Waals surface area contributed by atoms with Crippen LogP contribution in [0.15, 0.2) is 72.8 Å². The Labute approximate surface area is 152 Å². The van der Waals surface area contributed by atoms with Crippen molar-refractivity contribution in [3.8, 4) is 0 Å². The number of anilines is 1. The predicted octanol–water partition coefficient (Wildman–Crippen LogP) is 4.54. The lowest BCUT2D eigenvalue weighted by Gasteiger charge is -2.09. The molecule has 0 saturated carbocycles. The minimum absolute atomic E-state index is 0.0130. The summed E-state index contributed by atoms with van der Waals surface area (Å²) < 4.78 is 0. The number of aryl methyl sites for hydroxylation is 1. The zero-order valence-electron chi connectivity index (χ0n) is 14.4. The molecular weight excluding hydrogens is 326 g/mol. The zero-order chi connectivity index (χ0) is 18.5. The first-order valence-corrected chi connectivity index (χ1v) is 8.31. The highest BCUT2D eigenvalue weighted by atomic mass is 16.4. The molecule has 3 rings (SSSR count). The molecule has 4 heteroatoms. The summed E-state index contributed by atoms with van der Waals surface area (Å²) >= 11 is 0. The number of benzene rings is 3. The molecule has 1 amide bonds. The fourth-order valence-corrected chi connectivity index (χ4v) is 2.71. The third-order valence-electron chi connectivity index (χ3n) is 4.14. The average Bonchev–Trinajstić information content (AvgIpc) is 2.65. The second-order valence-electron chi connectivity index (χ2n) is 6.16. The van der Waals surface area contributed by atoms with Gasteiger partial charge in [-0.2, -0.15) is 0 Å². The average molecular weight is 345 g/mol. The van der Waals surface area contributed by atoms with Crippen molar-refractivity contribution in [1.82, 2.24) is 0 Å². The zero-order valence-corrected chi connectivity index (χ0v) is 14.4. The Morgan fingerprint density at radius 1 is 0.808 bits per heavy atom. The quantitative estimate of drug-likeness (QED) is 0.713. The number of rotatable bonds is 5. The maximum Gasteiger partial charge on any atom is 0.336 e. The molecule has 0 aromatic heterocycles. The highest BCUT2D eigenvalue weighted by Gasteiger charge is 2.15. The van der Waals surface area contributed by atoms with Gasteiger partial charge in [-0.05, 0) is 48.7 Å². The predicted molar refractivity (Wildman–Crippen MR) is 102 cm³/mol. The minimum atomic E-state index is -1.12. The standard InChI is InChI=1S/C22H19NO3/c1-15-6-8-16(9-7-15)14-17-10-12-18(13-11-17)23-21(24)19-4-2-3-5-20(19)22(25)26/h2-13H,14H2,1H3,(H,23,24)(H,25,26). The van der Waals surface area contributed by atoms with Crippen LogP contribution in [0, 0.1) is 6.92 Å². The topological polar surface area (TPSA) is 66.4 Å². The first kappa shape index (κ1) is 17.4. The van der Waals surface area contributed by atoms with Crippen LogP contribution in [0.4, 0.5) is 5.69 Å². The molecule has 2 N–H and O–H groups in total. The van der Waals surface area contributed by atoms with Gasteiger partial charge in [0.2, 0.25) is 0 Å². The van der Waals surface area contributed by atoms with E-state index in [1.165, 1.54) is 23.3 Å². The Balaban J connectivity index is 1.70. The van der Waals surface area contributed by atoms with Gasteiger partial charge >= 0.3 is 5.97 Å². The summed E-state index contributed by atoms with van der Waals surface area (Å²) in [5.41, 5.74) is 4.35. The van der Waals surface area contributed by atoms with E-state index in [0.717, 1.165) is 12.0 Å². The molecule has 0 radical (unpaired) electrons. The fraction of sp³-hybridized carbons (Fsp3) is 0.0909. The minimum Gasteiger partial charge on any atom is -0.478 e. The summed E-state index contributed by atoms with van der Waals surface area (Å²) in [5, 5.41) is 11.9. The van der Waals surface area contributed by atoms with Gasteiger partial charge in [0.05, 0.1) is 11.1 Å². The van der Waals surface area contributed by atoms with Crippen molar-refractivity contribution in [3.05, 3.63) is 101 Å². The number of carbonyl (C=O) groups excluding carboxylic acids is 1. The van der Waals surface area contributed by atoms with Gasteiger partial charge in [0.25, 0.3) is 5.91 Å². The van der Waals surface area contributed by atoms with Crippen molar-refractivity contribution in [3.63, 3.8) is 0 Å². The van der Waals surface area contributed by atoms with E-state index in [-0.39, 0.29) is 11.1 Å². The lowest BCUT2D eigenvalue weighted by molar-refractivity contribution is 0.0692. The van der Waals surface area contributed by atoms with Gasteiger partial charge in [-0.15, -0.1) is 0 Å². The van der Waals surface area contributed by atoms with Crippen molar-refractivity contribution in [2.45, 2.75) is 13.3 Å². The van der Waals surface area contributed by atoms with Gasteiger partial charge in [-0.3, -0.25) is 4.79 Å². The van der Waals surface area contributed by atoms with Crippen molar-refractivity contribution >= 4 is 17.6 Å². The molecule has 0 aliphatic heterocycles. The van der Waals surface area contributed by atoms with E-state index < -0.39 is 11.9 Å². The Bertz CT molecular complexity index is 928. The summed E-state index contributed by atoms with van der Waals surface area (Å²) in [5.74, 6) is -1.56. The van der Waals surface area contributed by atoms with E-state index in [0.29, 0.717) is 5.69 Å². The SMILES string of the molecule is Cc1ccc(Cc2ccc(NC(=O)c3ccccc3C(=O)O)cc2)cc1. The maximum atomic E-state index is 12.4. The summed E-state index contributed by atoms with van der Waals surface area (Å²) in [6, 6.07) is 22.1. The summed E-state index contributed by atoms with van der Waals surface area (Å²) in [6.45, 7) is 2.06. The van der Waals surface area contributed by atoms with Crippen LogP contribution in [-0.4, -0.2) is 17.0 Å². The molecule has 3 aromatic rings. The summed E-state index contributed by atoms with van der Waals surface area (Å²) in [7, 11) is 0. The first-order chi connectivity index (χ1) is 12.5. The molecule has 0 aliphatic rings. The van der Waals surface area contributed by atoms with E-state index in [1.54, 1.807) is 12.1 Å². The van der Waals surface area contributed by atoms with Crippen LogP contribution in [0.25, 0.3) is 0 Å². The molecule has 4 nitrogen and oxygen atoms in total. The second-order valence-corrected chi connectivity index (χ2v) is 6.16. The smallest absolute Gasteiger partial charge is 0.336 e. The molecule has 26 heavy (non-hydrogen) atoms. The number of aromatic carboxylic acids is 1. The normalized spacial score (nSPS) is 10.3. The van der Waals surface area contributed by atoms with Gasteiger partial charge < -0.3 is 10.4 Å². The molecule has 130 valence electrons. The van der Waals surface area contributed by atoms with Crippen LogP contribution in [0.5, 0.6) is 0 Å². The summed E-state index contributed by atoms with van der Waals surface area (Å²) in [6.07, 6.45) is 0.816. The van der Waals surface area contributed by atoms with Crippen molar-refractivity contribution in [2.24, 2.45) is 0 Å². The fourth-order valence-electron chi connectivity index (χ4n) is 2.71. The molecule has 0 bridgehead atoms. The molecule has 0 saturated heterocycles. The number of amides is 1. The van der Waals surface area contributed by atoms with Crippen LogP contribution in [0.3, 0.4) is 0 Å². The Morgan fingerprint density at radius 2 is 1.35 bits per heavy atom. The monoisotopic (exact) mass is 345 g/mol. The van der Waals surface area contributed by atoms with E-state index in [4.69, 9.17) is 0 Å². The number of carboxylic acids is 1. The molecule has 0 unspecified atom stereocenters. The van der Waals surface area contributed by atoms with E-state index in [9.17, 15) is 14.7 Å². The van der Waals surface area contributed by atoms with Gasteiger partial charge in [-0.1, -0.05) is 54.1 Å². The number of carbonyl (C=O) groups is 2. The Kier molecular flexibility index (Phi) is 5.13. The van der Waals surface area contributed by atoms with Gasteiger partial charge in [0.15, 0.2) is 0 Å². The third-order valence-corrected chi connectivity index (χ3v) is 4.14. The lowest BCUT2D eigenvalue weighted by atomic mass is 10.0. The van der Waals surface area contributed by atoms with Gasteiger partial charge in [0, 0.05) is 5.69 Å².